The van der Waals surface area contributed by atoms with E-state index in [1.807, 2.05) is 30.3 Å². The summed E-state index contributed by atoms with van der Waals surface area (Å²) in [4.78, 5) is 34.1. The zero-order valence-corrected chi connectivity index (χ0v) is 24.3. The summed E-state index contributed by atoms with van der Waals surface area (Å²) in [6.45, 7) is 8.26. The molecule has 0 bridgehead atoms. The van der Waals surface area contributed by atoms with Crippen molar-refractivity contribution in [2.45, 2.75) is 46.6 Å². The molecule has 0 radical (unpaired) electrons. The Bertz CT molecular complexity index is 1730. The van der Waals surface area contributed by atoms with Crippen LogP contribution in [0.15, 0.2) is 72.8 Å². The van der Waals surface area contributed by atoms with Crippen molar-refractivity contribution < 1.29 is 14.7 Å². The van der Waals surface area contributed by atoms with Crippen LogP contribution in [0.3, 0.4) is 0 Å². The molecule has 0 saturated carbocycles. The lowest BCUT2D eigenvalue weighted by Crippen LogP contribution is -2.29. The fourth-order valence-corrected chi connectivity index (χ4v) is 5.99. The number of aryl methyl sites for hydroxylation is 3. The minimum atomic E-state index is -1.15. The summed E-state index contributed by atoms with van der Waals surface area (Å²) >= 11 is 6.69. The Kier molecular flexibility index (Phi) is 7.95. The monoisotopic (exact) mass is 565 g/mol. The van der Waals surface area contributed by atoms with Gasteiger partial charge in [-0.05, 0) is 79.8 Å². The third-order valence-corrected chi connectivity index (χ3v) is 7.72. The van der Waals surface area contributed by atoms with Gasteiger partial charge in [-0.2, -0.15) is 0 Å². The number of halogens is 1. The van der Waals surface area contributed by atoms with E-state index in [-0.39, 0.29) is 23.1 Å². The number of H-pyrrole nitrogens is 1. The Balaban J connectivity index is 1.55. The van der Waals surface area contributed by atoms with Crippen molar-refractivity contribution in [2.75, 3.05) is 0 Å². The van der Waals surface area contributed by atoms with Crippen molar-refractivity contribution >= 4 is 34.5 Å². The van der Waals surface area contributed by atoms with Gasteiger partial charge in [0, 0.05) is 21.7 Å². The van der Waals surface area contributed by atoms with Crippen LogP contribution in [0.1, 0.15) is 68.8 Å². The Morgan fingerprint density at radius 3 is 2.37 bits per heavy atom. The number of carbonyl (C=O) groups excluding carboxylic acids is 1. The fourth-order valence-electron chi connectivity index (χ4n) is 5.72. The average Bonchev–Trinajstić information content (AvgIpc) is 3.36. The molecule has 0 aliphatic heterocycles. The van der Waals surface area contributed by atoms with Crippen LogP contribution in [0.2, 0.25) is 5.02 Å². The maximum atomic E-state index is 13.5. The summed E-state index contributed by atoms with van der Waals surface area (Å²) in [6, 6.07) is 21.8. The van der Waals surface area contributed by atoms with Gasteiger partial charge in [-0.15, -0.1) is 0 Å². The van der Waals surface area contributed by atoms with E-state index >= 15 is 0 Å². The van der Waals surface area contributed by atoms with Crippen molar-refractivity contribution in [2.24, 2.45) is 0 Å². The Labute approximate surface area is 244 Å². The van der Waals surface area contributed by atoms with Crippen molar-refractivity contribution in [3.05, 3.63) is 111 Å². The minimum absolute atomic E-state index is 0.0159. The molecule has 3 N–H and O–H groups in total. The fraction of sp³-hybridized carbons (Fsp3) is 0.206. The third kappa shape index (κ3) is 5.61. The molecule has 0 fully saturated rings. The second-order valence-corrected chi connectivity index (χ2v) is 10.9. The van der Waals surface area contributed by atoms with Crippen molar-refractivity contribution in [1.29, 1.82) is 0 Å². The second-order valence-electron chi connectivity index (χ2n) is 10.5. The quantitative estimate of drug-likeness (QED) is 0.176. The highest BCUT2D eigenvalue weighted by Gasteiger charge is 2.24. The predicted molar refractivity (Wildman–Crippen MR) is 165 cm³/mol. The van der Waals surface area contributed by atoms with Crippen molar-refractivity contribution in [3.8, 4) is 22.5 Å². The Hall–Kier alpha value is -4.42. The van der Waals surface area contributed by atoms with Crippen LogP contribution in [0.4, 0.5) is 0 Å². The molecule has 6 nitrogen and oxygen atoms in total. The number of para-hydroxylation sites is 2. The first-order chi connectivity index (χ1) is 19.7. The van der Waals surface area contributed by atoms with Gasteiger partial charge >= 0.3 is 5.97 Å². The normalized spacial score (nSPS) is 11.9. The van der Waals surface area contributed by atoms with Crippen LogP contribution < -0.4 is 5.32 Å². The molecule has 0 spiro atoms. The number of aromatic nitrogens is 2. The molecule has 0 unspecified atom stereocenters. The SMILES string of the molecule is CCC[C@H](NC(=O)c1ccc(-c2c(Cl)cccc2-c2nc3ccccc3[nH]2)c(C(=O)O)c1)c1c(C)cc(C)cc1C. The van der Waals surface area contributed by atoms with E-state index in [9.17, 15) is 14.7 Å². The van der Waals surface area contributed by atoms with Crippen molar-refractivity contribution in [3.63, 3.8) is 0 Å². The molecular weight excluding hydrogens is 534 g/mol. The number of aromatic carboxylic acids is 1. The molecule has 1 aromatic heterocycles. The lowest BCUT2D eigenvalue weighted by Gasteiger charge is -2.23. The van der Waals surface area contributed by atoms with Gasteiger partial charge in [-0.25, -0.2) is 9.78 Å². The molecule has 208 valence electrons. The number of rotatable bonds is 8. The maximum Gasteiger partial charge on any atom is 0.336 e. The molecule has 41 heavy (non-hydrogen) atoms. The molecule has 1 atom stereocenters. The average molecular weight is 566 g/mol. The highest BCUT2D eigenvalue weighted by Crippen LogP contribution is 2.39. The molecule has 0 aliphatic rings. The third-order valence-electron chi connectivity index (χ3n) is 7.41. The summed E-state index contributed by atoms with van der Waals surface area (Å²) in [7, 11) is 0. The highest BCUT2D eigenvalue weighted by molar-refractivity contribution is 6.34. The lowest BCUT2D eigenvalue weighted by molar-refractivity contribution is 0.0697. The zero-order chi connectivity index (χ0) is 29.3. The molecule has 5 rings (SSSR count). The maximum absolute atomic E-state index is 13.5. The number of carboxylic acid groups (broad SMARTS) is 1. The number of carbonyl (C=O) groups is 2. The molecule has 1 amide bonds. The molecular formula is C34H32ClN3O3. The van der Waals surface area contributed by atoms with E-state index in [1.54, 1.807) is 24.3 Å². The zero-order valence-electron chi connectivity index (χ0n) is 23.5. The number of fused-ring (bicyclic) bond motifs is 1. The summed E-state index contributed by atoms with van der Waals surface area (Å²) in [6.07, 6.45) is 1.65. The molecule has 5 aromatic rings. The number of benzene rings is 4. The van der Waals surface area contributed by atoms with Gasteiger partial charge in [-0.3, -0.25) is 4.79 Å². The minimum Gasteiger partial charge on any atom is -0.478 e. The van der Waals surface area contributed by atoms with Crippen LogP contribution in [0.5, 0.6) is 0 Å². The number of hydrogen-bond donors (Lipinski definition) is 3. The standard InChI is InChI=1S/C34H32ClN3O3/c1-5-9-29(30-20(3)16-19(2)17-21(30)4)38-33(39)22-14-15-23(25(18-22)34(40)41)31-24(10-8-11-26(31)35)32-36-27-12-6-7-13-28(27)37-32/h6-8,10-18,29H,5,9H2,1-4H3,(H,36,37)(H,38,39)(H,40,41)/t29-/m0/s1. The van der Waals surface area contributed by atoms with Gasteiger partial charge in [0.2, 0.25) is 0 Å². The lowest BCUT2D eigenvalue weighted by atomic mass is 9.91. The van der Waals surface area contributed by atoms with Crippen LogP contribution >= 0.6 is 11.6 Å². The molecule has 7 heteroatoms. The van der Waals surface area contributed by atoms with E-state index in [0.717, 1.165) is 40.6 Å². The first kappa shape index (κ1) is 28.1. The summed E-state index contributed by atoms with van der Waals surface area (Å²) < 4.78 is 0. The largest absolute Gasteiger partial charge is 0.478 e. The second kappa shape index (κ2) is 11.6. The van der Waals surface area contributed by atoms with Crippen LogP contribution in [-0.2, 0) is 0 Å². The molecule has 0 aliphatic carbocycles. The number of amides is 1. The van der Waals surface area contributed by atoms with E-state index < -0.39 is 5.97 Å². The Morgan fingerprint density at radius 2 is 1.68 bits per heavy atom. The van der Waals surface area contributed by atoms with Gasteiger partial charge in [0.05, 0.1) is 22.6 Å². The summed E-state index contributed by atoms with van der Waals surface area (Å²) in [5.41, 5.74) is 8.05. The number of hydrogen-bond acceptors (Lipinski definition) is 3. The molecule has 0 saturated heterocycles. The van der Waals surface area contributed by atoms with E-state index in [1.165, 1.54) is 11.6 Å². The van der Waals surface area contributed by atoms with Gasteiger partial charge < -0.3 is 15.4 Å². The predicted octanol–water partition coefficient (Wildman–Crippen LogP) is 8.44. The van der Waals surface area contributed by atoms with Crippen molar-refractivity contribution in [1.82, 2.24) is 15.3 Å². The van der Waals surface area contributed by atoms with Gasteiger partial charge in [0.25, 0.3) is 5.91 Å². The number of nitrogens with zero attached hydrogens (tertiary/aromatic N) is 1. The van der Waals surface area contributed by atoms with Crippen LogP contribution in [0, 0.1) is 20.8 Å². The Morgan fingerprint density at radius 1 is 0.951 bits per heavy atom. The van der Waals surface area contributed by atoms with Crippen LogP contribution in [-0.4, -0.2) is 27.0 Å². The van der Waals surface area contributed by atoms with Gasteiger partial charge in [-0.1, -0.05) is 73.0 Å². The number of aromatic amines is 1. The number of carboxylic acids is 1. The summed E-state index contributed by atoms with van der Waals surface area (Å²) in [5.74, 6) is -0.901. The summed E-state index contributed by atoms with van der Waals surface area (Å²) in [5, 5.41) is 13.8. The number of imidazole rings is 1. The van der Waals surface area contributed by atoms with E-state index in [0.29, 0.717) is 27.5 Å². The first-order valence-corrected chi connectivity index (χ1v) is 14.1. The smallest absolute Gasteiger partial charge is 0.336 e. The van der Waals surface area contributed by atoms with E-state index in [2.05, 4.69) is 50.1 Å². The molecule has 4 aromatic carbocycles. The highest BCUT2D eigenvalue weighted by atomic mass is 35.5. The van der Waals surface area contributed by atoms with Crippen LogP contribution in [0.25, 0.3) is 33.5 Å². The molecule has 1 heterocycles. The van der Waals surface area contributed by atoms with Gasteiger partial charge in [0.1, 0.15) is 5.82 Å². The van der Waals surface area contributed by atoms with Gasteiger partial charge in [0.15, 0.2) is 0 Å². The topological polar surface area (TPSA) is 95.1 Å². The number of nitrogens with one attached hydrogen (secondary N) is 2. The van der Waals surface area contributed by atoms with E-state index in [4.69, 9.17) is 16.6 Å². The first-order valence-electron chi connectivity index (χ1n) is 13.7.